The van der Waals surface area contributed by atoms with Gasteiger partial charge in [0.05, 0.1) is 0 Å². The Bertz CT molecular complexity index is 493. The minimum absolute atomic E-state index is 0.0608. The van der Waals surface area contributed by atoms with Crippen LogP contribution >= 0.6 is 11.8 Å². The first-order chi connectivity index (χ1) is 13.8. The van der Waals surface area contributed by atoms with E-state index in [2.05, 4.69) is 17.1 Å². The zero-order chi connectivity index (χ0) is 20.3. The zero-order valence-electron chi connectivity index (χ0n) is 17.6. The lowest BCUT2D eigenvalue weighted by Crippen LogP contribution is -2.11. The van der Waals surface area contributed by atoms with Crippen molar-refractivity contribution in [1.29, 1.82) is 0 Å². The number of carbonyl (C=O) groups is 1. The molecule has 2 N–H and O–H groups in total. The Labute approximate surface area is 175 Å². The van der Waals surface area contributed by atoms with Crippen LogP contribution < -0.4 is 5.32 Å². The molecule has 0 bridgehead atoms. The summed E-state index contributed by atoms with van der Waals surface area (Å²) < 4.78 is 0. The van der Waals surface area contributed by atoms with Crippen molar-refractivity contribution in [2.24, 2.45) is 0 Å². The first-order valence-electron chi connectivity index (χ1n) is 11.0. The molecule has 0 aromatic heterocycles. The van der Waals surface area contributed by atoms with Gasteiger partial charge in [-0.25, -0.2) is 4.89 Å². The molecule has 0 spiro atoms. The number of anilines is 1. The fourth-order valence-electron chi connectivity index (χ4n) is 3.11. The van der Waals surface area contributed by atoms with Gasteiger partial charge >= 0.3 is 0 Å². The van der Waals surface area contributed by atoms with E-state index < -0.39 is 0 Å². The Hall–Kier alpha value is -1.04. The summed E-state index contributed by atoms with van der Waals surface area (Å²) in [5, 5.41) is 11.3. The van der Waals surface area contributed by atoms with Crippen LogP contribution in [0.3, 0.4) is 0 Å². The molecule has 4 nitrogen and oxygen atoms in total. The molecular formula is C23H39NO3S. The van der Waals surface area contributed by atoms with Crippen LogP contribution in [0.2, 0.25) is 0 Å². The molecule has 0 aliphatic carbocycles. The number of amides is 1. The first kappa shape index (κ1) is 25.0. The fourth-order valence-corrected chi connectivity index (χ4v) is 4.07. The van der Waals surface area contributed by atoms with E-state index in [-0.39, 0.29) is 12.5 Å². The lowest BCUT2D eigenvalue weighted by molar-refractivity contribution is -0.253. The van der Waals surface area contributed by atoms with E-state index in [1.165, 1.54) is 70.0 Å². The molecule has 0 fully saturated rings. The summed E-state index contributed by atoms with van der Waals surface area (Å²) in [7, 11) is 0. The van der Waals surface area contributed by atoms with Gasteiger partial charge in [-0.15, -0.1) is 0 Å². The molecule has 160 valence electrons. The van der Waals surface area contributed by atoms with Crippen molar-refractivity contribution >= 4 is 23.4 Å². The van der Waals surface area contributed by atoms with Gasteiger partial charge in [-0.3, -0.25) is 10.1 Å². The molecule has 1 rings (SSSR count). The van der Waals surface area contributed by atoms with Gasteiger partial charge < -0.3 is 5.32 Å². The van der Waals surface area contributed by atoms with Crippen LogP contribution in [0.1, 0.15) is 89.5 Å². The lowest BCUT2D eigenvalue weighted by atomic mass is 10.1. The topological polar surface area (TPSA) is 58.6 Å². The smallest absolute Gasteiger partial charge is 0.224 e. The Balaban J connectivity index is 1.88. The monoisotopic (exact) mass is 409 g/mol. The Morgan fingerprint density at radius 1 is 0.893 bits per heavy atom. The molecule has 0 heterocycles. The highest BCUT2D eigenvalue weighted by Gasteiger charge is 2.03. The Morgan fingerprint density at radius 2 is 1.46 bits per heavy atom. The number of carbonyl (C=O) groups excluding carboxylic acids is 1. The lowest BCUT2D eigenvalue weighted by Gasteiger charge is -2.06. The van der Waals surface area contributed by atoms with Gasteiger partial charge in [0.15, 0.2) is 0 Å². The predicted octanol–water partition coefficient (Wildman–Crippen LogP) is 7.05. The van der Waals surface area contributed by atoms with Crippen molar-refractivity contribution in [3.8, 4) is 0 Å². The second kappa shape index (κ2) is 18.0. The highest BCUT2D eigenvalue weighted by molar-refractivity contribution is 7.99. The molecular weight excluding hydrogens is 370 g/mol. The van der Waals surface area contributed by atoms with E-state index in [4.69, 9.17) is 5.26 Å². The molecule has 0 aliphatic rings. The summed E-state index contributed by atoms with van der Waals surface area (Å²) in [5.74, 6) is 2.33. The van der Waals surface area contributed by atoms with Crippen LogP contribution in [0.15, 0.2) is 24.3 Å². The summed E-state index contributed by atoms with van der Waals surface area (Å²) in [6.07, 6.45) is 15.3. The van der Waals surface area contributed by atoms with Gasteiger partial charge in [-0.05, 0) is 42.0 Å². The molecule has 0 saturated carbocycles. The summed E-state index contributed by atoms with van der Waals surface area (Å²) >= 11 is 1.97. The third-order valence-corrected chi connectivity index (χ3v) is 5.96. The zero-order valence-corrected chi connectivity index (χ0v) is 18.4. The summed E-state index contributed by atoms with van der Waals surface area (Å²) in [6.45, 7) is 2.43. The average Bonchev–Trinajstić information content (AvgIpc) is 2.70. The standard InChI is InChI=1S/C23H39NO3S/c1-2-3-4-5-6-7-8-9-10-11-18-28-19-12-13-23(25)24-22-16-14-21(15-17-22)20-27-26/h14-17,26H,2-13,18-20H2,1H3,(H,24,25). The van der Waals surface area contributed by atoms with Gasteiger partial charge in [0.1, 0.15) is 6.61 Å². The largest absolute Gasteiger partial charge is 0.326 e. The Kier molecular flexibility index (Phi) is 16.1. The van der Waals surface area contributed by atoms with Crippen molar-refractivity contribution in [3.05, 3.63) is 29.8 Å². The molecule has 0 unspecified atom stereocenters. The van der Waals surface area contributed by atoms with Gasteiger partial charge in [-0.2, -0.15) is 11.8 Å². The maximum atomic E-state index is 12.0. The van der Waals surface area contributed by atoms with E-state index in [1.807, 2.05) is 36.0 Å². The van der Waals surface area contributed by atoms with Crippen molar-refractivity contribution in [2.75, 3.05) is 16.8 Å². The van der Waals surface area contributed by atoms with Crippen molar-refractivity contribution in [1.82, 2.24) is 0 Å². The van der Waals surface area contributed by atoms with Gasteiger partial charge in [0, 0.05) is 12.1 Å². The number of rotatable bonds is 18. The molecule has 28 heavy (non-hydrogen) atoms. The van der Waals surface area contributed by atoms with E-state index in [9.17, 15) is 4.79 Å². The quantitative estimate of drug-likeness (QED) is 0.155. The third-order valence-electron chi connectivity index (χ3n) is 4.80. The van der Waals surface area contributed by atoms with Crippen LogP contribution in [-0.2, 0) is 16.3 Å². The van der Waals surface area contributed by atoms with E-state index in [1.54, 1.807) is 0 Å². The summed E-state index contributed by atoms with van der Waals surface area (Å²) in [5.41, 5.74) is 1.65. The molecule has 1 aromatic rings. The van der Waals surface area contributed by atoms with Crippen LogP contribution in [0.5, 0.6) is 0 Å². The minimum Gasteiger partial charge on any atom is -0.326 e. The molecule has 5 heteroatoms. The Morgan fingerprint density at radius 3 is 2.07 bits per heavy atom. The molecule has 0 radical (unpaired) electrons. The normalized spacial score (nSPS) is 10.9. The molecule has 0 saturated heterocycles. The number of hydrogen-bond donors (Lipinski definition) is 2. The maximum absolute atomic E-state index is 12.0. The SMILES string of the molecule is CCCCCCCCCCCCSCCCC(=O)Nc1ccc(COO)cc1. The number of hydrogen-bond acceptors (Lipinski definition) is 4. The molecule has 1 aromatic carbocycles. The average molecular weight is 410 g/mol. The van der Waals surface area contributed by atoms with Gasteiger partial charge in [-0.1, -0.05) is 76.8 Å². The molecule has 0 aliphatic heterocycles. The minimum atomic E-state index is 0.0608. The third kappa shape index (κ3) is 14.0. The van der Waals surface area contributed by atoms with Crippen LogP contribution in [0.25, 0.3) is 0 Å². The van der Waals surface area contributed by atoms with Crippen LogP contribution in [-0.4, -0.2) is 22.7 Å². The summed E-state index contributed by atoms with van der Waals surface area (Å²) in [4.78, 5) is 16.0. The van der Waals surface area contributed by atoms with E-state index >= 15 is 0 Å². The highest BCUT2D eigenvalue weighted by atomic mass is 32.2. The number of thioether (sulfide) groups is 1. The predicted molar refractivity (Wildman–Crippen MR) is 121 cm³/mol. The van der Waals surface area contributed by atoms with Crippen molar-refractivity contribution in [3.63, 3.8) is 0 Å². The second-order valence-electron chi connectivity index (χ2n) is 7.42. The first-order valence-corrected chi connectivity index (χ1v) is 12.1. The van der Waals surface area contributed by atoms with E-state index in [0.29, 0.717) is 6.42 Å². The van der Waals surface area contributed by atoms with E-state index in [0.717, 1.165) is 23.4 Å². The van der Waals surface area contributed by atoms with Crippen molar-refractivity contribution in [2.45, 2.75) is 90.6 Å². The second-order valence-corrected chi connectivity index (χ2v) is 8.64. The fraction of sp³-hybridized carbons (Fsp3) is 0.696. The molecule has 0 atom stereocenters. The van der Waals surface area contributed by atoms with Crippen LogP contribution in [0, 0.1) is 0 Å². The van der Waals surface area contributed by atoms with Crippen molar-refractivity contribution < 1.29 is 14.9 Å². The maximum Gasteiger partial charge on any atom is 0.224 e. The number of unbranched alkanes of at least 4 members (excludes halogenated alkanes) is 9. The number of nitrogens with one attached hydrogen (secondary N) is 1. The summed E-state index contributed by atoms with van der Waals surface area (Å²) in [6, 6.07) is 7.31. The van der Waals surface area contributed by atoms with Gasteiger partial charge in [0.25, 0.3) is 0 Å². The van der Waals surface area contributed by atoms with Crippen LogP contribution in [0.4, 0.5) is 5.69 Å². The van der Waals surface area contributed by atoms with Gasteiger partial charge in [0.2, 0.25) is 5.91 Å². The number of benzene rings is 1. The molecule has 1 amide bonds. The highest BCUT2D eigenvalue weighted by Crippen LogP contribution is 2.14.